The monoisotopic (exact) mass is 457 g/mol. The van der Waals surface area contributed by atoms with Crippen LogP contribution in [0.1, 0.15) is 18.3 Å². The Morgan fingerprint density at radius 3 is 2.52 bits per heavy atom. The predicted octanol–water partition coefficient (Wildman–Crippen LogP) is 1.89. The van der Waals surface area contributed by atoms with E-state index < -0.39 is 0 Å². The molecular weight excluding hydrogens is 429 g/mol. The van der Waals surface area contributed by atoms with Crippen LogP contribution >= 0.6 is 24.0 Å². The standard InChI is InChI=1S/C17H27N7.HI/c1-5-16-22-21-13-24(16)11-10-19-17(18-2)20-12-14-6-8-15(9-7-14)23(3)4;/h6-9,13H,5,10-12H2,1-4H3,(H2,18,19,20);1H. The molecule has 0 amide bonds. The minimum absolute atomic E-state index is 0. The number of halogens is 1. The Morgan fingerprint density at radius 2 is 1.92 bits per heavy atom. The van der Waals surface area contributed by atoms with Gasteiger partial charge in [0.25, 0.3) is 0 Å². The summed E-state index contributed by atoms with van der Waals surface area (Å²) < 4.78 is 2.06. The maximum atomic E-state index is 4.26. The zero-order chi connectivity index (χ0) is 17.4. The molecule has 2 aromatic rings. The van der Waals surface area contributed by atoms with Crippen LogP contribution in [0.3, 0.4) is 0 Å². The molecule has 138 valence electrons. The van der Waals surface area contributed by atoms with Crippen LogP contribution in [0.4, 0.5) is 5.69 Å². The highest BCUT2D eigenvalue weighted by atomic mass is 127. The highest BCUT2D eigenvalue weighted by Gasteiger charge is 2.03. The maximum absolute atomic E-state index is 4.26. The van der Waals surface area contributed by atoms with Gasteiger partial charge in [-0.2, -0.15) is 0 Å². The van der Waals surface area contributed by atoms with Crippen molar-refractivity contribution < 1.29 is 0 Å². The lowest BCUT2D eigenvalue weighted by Gasteiger charge is -2.14. The molecule has 0 fully saturated rings. The number of anilines is 1. The molecule has 0 bridgehead atoms. The van der Waals surface area contributed by atoms with E-state index in [1.54, 1.807) is 13.4 Å². The largest absolute Gasteiger partial charge is 0.378 e. The SMILES string of the molecule is CCc1nncn1CCNC(=NC)NCc1ccc(N(C)C)cc1.I. The molecule has 0 aliphatic heterocycles. The van der Waals surface area contributed by atoms with Crippen molar-refractivity contribution in [3.05, 3.63) is 42.0 Å². The summed E-state index contributed by atoms with van der Waals surface area (Å²) in [6.45, 7) is 4.40. The fourth-order valence-electron chi connectivity index (χ4n) is 2.35. The van der Waals surface area contributed by atoms with Crippen LogP contribution in [0.5, 0.6) is 0 Å². The number of hydrogen-bond donors (Lipinski definition) is 2. The van der Waals surface area contributed by atoms with E-state index in [0.717, 1.165) is 37.8 Å². The lowest BCUT2D eigenvalue weighted by atomic mass is 10.2. The fourth-order valence-corrected chi connectivity index (χ4v) is 2.35. The Labute approximate surface area is 166 Å². The van der Waals surface area contributed by atoms with Crippen LogP contribution in [0, 0.1) is 0 Å². The molecule has 8 heteroatoms. The van der Waals surface area contributed by atoms with Crippen LogP contribution in [0.25, 0.3) is 0 Å². The van der Waals surface area contributed by atoms with Crippen LogP contribution < -0.4 is 15.5 Å². The van der Waals surface area contributed by atoms with Crippen molar-refractivity contribution >= 4 is 35.6 Å². The molecule has 1 aromatic carbocycles. The molecule has 2 rings (SSSR count). The summed E-state index contributed by atoms with van der Waals surface area (Å²) in [5.41, 5.74) is 2.41. The van der Waals surface area contributed by atoms with Gasteiger partial charge in [0.15, 0.2) is 5.96 Å². The van der Waals surface area contributed by atoms with Gasteiger partial charge in [-0.1, -0.05) is 19.1 Å². The van der Waals surface area contributed by atoms with Gasteiger partial charge in [-0.3, -0.25) is 4.99 Å². The Hall–Kier alpha value is -1.84. The van der Waals surface area contributed by atoms with Crippen molar-refractivity contribution in [2.24, 2.45) is 4.99 Å². The van der Waals surface area contributed by atoms with Crippen LogP contribution in [-0.4, -0.2) is 48.4 Å². The zero-order valence-electron chi connectivity index (χ0n) is 15.4. The van der Waals surface area contributed by atoms with Crippen molar-refractivity contribution in [3.8, 4) is 0 Å². The van der Waals surface area contributed by atoms with Gasteiger partial charge in [-0.25, -0.2) is 0 Å². The number of hydrogen-bond acceptors (Lipinski definition) is 4. The molecule has 0 spiro atoms. The Balaban J connectivity index is 0.00000312. The molecule has 0 unspecified atom stereocenters. The minimum atomic E-state index is 0. The number of aliphatic imine (C=N–C) groups is 1. The molecule has 0 radical (unpaired) electrons. The summed E-state index contributed by atoms with van der Waals surface area (Å²) in [4.78, 5) is 6.35. The van der Waals surface area contributed by atoms with Crippen molar-refractivity contribution in [2.75, 3.05) is 32.6 Å². The maximum Gasteiger partial charge on any atom is 0.191 e. The van der Waals surface area contributed by atoms with E-state index >= 15 is 0 Å². The molecule has 0 saturated heterocycles. The molecular formula is C17H28IN7. The van der Waals surface area contributed by atoms with E-state index in [2.05, 4.69) is 66.5 Å². The Bertz CT molecular complexity index is 649. The third kappa shape index (κ3) is 6.52. The lowest BCUT2D eigenvalue weighted by Crippen LogP contribution is -2.38. The van der Waals surface area contributed by atoms with Gasteiger partial charge in [0.2, 0.25) is 0 Å². The molecule has 0 aliphatic rings. The van der Waals surface area contributed by atoms with E-state index in [0.29, 0.717) is 0 Å². The van der Waals surface area contributed by atoms with Gasteiger partial charge in [-0.05, 0) is 17.7 Å². The van der Waals surface area contributed by atoms with E-state index in [1.807, 2.05) is 14.1 Å². The lowest BCUT2D eigenvalue weighted by molar-refractivity contribution is 0.632. The summed E-state index contributed by atoms with van der Waals surface area (Å²) in [6, 6.07) is 8.48. The smallest absolute Gasteiger partial charge is 0.191 e. The number of benzene rings is 1. The second-order valence-corrected chi connectivity index (χ2v) is 5.71. The van der Waals surface area contributed by atoms with Gasteiger partial charge < -0.3 is 20.1 Å². The summed E-state index contributed by atoms with van der Waals surface area (Å²) in [6.07, 6.45) is 2.65. The second-order valence-electron chi connectivity index (χ2n) is 5.71. The number of rotatable bonds is 7. The van der Waals surface area contributed by atoms with Gasteiger partial charge >= 0.3 is 0 Å². The number of guanidine groups is 1. The third-order valence-electron chi connectivity index (χ3n) is 3.79. The molecule has 2 N–H and O–H groups in total. The van der Waals surface area contributed by atoms with Crippen molar-refractivity contribution in [3.63, 3.8) is 0 Å². The highest BCUT2D eigenvalue weighted by molar-refractivity contribution is 14.0. The first kappa shape index (κ1) is 21.2. The summed E-state index contributed by atoms with van der Waals surface area (Å²) in [5.74, 6) is 1.79. The molecule has 1 aromatic heterocycles. The number of aromatic nitrogens is 3. The van der Waals surface area contributed by atoms with Gasteiger partial charge in [0.05, 0.1) is 0 Å². The fraction of sp³-hybridized carbons (Fsp3) is 0.471. The van der Waals surface area contributed by atoms with Gasteiger partial charge in [0, 0.05) is 52.9 Å². The Kier molecular flexibility index (Phi) is 9.25. The molecule has 0 atom stereocenters. The van der Waals surface area contributed by atoms with Gasteiger partial charge in [-0.15, -0.1) is 34.2 Å². The predicted molar refractivity (Wildman–Crippen MR) is 114 cm³/mol. The zero-order valence-corrected chi connectivity index (χ0v) is 17.7. The summed E-state index contributed by atoms with van der Waals surface area (Å²) >= 11 is 0. The van der Waals surface area contributed by atoms with Crippen molar-refractivity contribution in [1.82, 2.24) is 25.4 Å². The first-order valence-corrected chi connectivity index (χ1v) is 8.21. The number of aryl methyl sites for hydroxylation is 1. The first-order valence-electron chi connectivity index (χ1n) is 8.21. The first-order chi connectivity index (χ1) is 11.6. The summed E-state index contributed by atoms with van der Waals surface area (Å²) in [7, 11) is 5.86. The van der Waals surface area contributed by atoms with E-state index in [9.17, 15) is 0 Å². The van der Waals surface area contributed by atoms with Crippen LogP contribution in [0.2, 0.25) is 0 Å². The molecule has 1 heterocycles. The quantitative estimate of drug-likeness (QED) is 0.378. The molecule has 0 saturated carbocycles. The van der Waals surface area contributed by atoms with E-state index in [4.69, 9.17) is 0 Å². The van der Waals surface area contributed by atoms with Crippen molar-refractivity contribution in [2.45, 2.75) is 26.4 Å². The van der Waals surface area contributed by atoms with E-state index in [1.165, 1.54) is 11.3 Å². The molecule has 25 heavy (non-hydrogen) atoms. The van der Waals surface area contributed by atoms with E-state index in [-0.39, 0.29) is 24.0 Å². The number of nitrogens with zero attached hydrogens (tertiary/aromatic N) is 5. The average Bonchev–Trinajstić information content (AvgIpc) is 3.05. The van der Waals surface area contributed by atoms with Crippen LogP contribution in [0.15, 0.2) is 35.6 Å². The minimum Gasteiger partial charge on any atom is -0.378 e. The second kappa shape index (κ2) is 10.9. The molecule has 7 nitrogen and oxygen atoms in total. The van der Waals surface area contributed by atoms with Gasteiger partial charge in [0.1, 0.15) is 12.2 Å². The van der Waals surface area contributed by atoms with Crippen molar-refractivity contribution in [1.29, 1.82) is 0 Å². The van der Waals surface area contributed by atoms with Crippen LogP contribution in [-0.2, 0) is 19.5 Å². The third-order valence-corrected chi connectivity index (χ3v) is 3.79. The summed E-state index contributed by atoms with van der Waals surface area (Å²) in [5, 5.41) is 14.7. The number of nitrogens with one attached hydrogen (secondary N) is 2. The Morgan fingerprint density at radius 1 is 1.20 bits per heavy atom. The topological polar surface area (TPSA) is 70.4 Å². The average molecular weight is 457 g/mol. The molecule has 0 aliphatic carbocycles. The highest BCUT2D eigenvalue weighted by Crippen LogP contribution is 2.11. The normalized spacial score (nSPS) is 11.0.